The van der Waals surface area contributed by atoms with Crippen molar-refractivity contribution in [2.45, 2.75) is 19.4 Å². The molecule has 0 saturated heterocycles. The van der Waals surface area contributed by atoms with Gasteiger partial charge >= 0.3 is 0 Å². The average molecular weight is 179 g/mol. The van der Waals surface area contributed by atoms with Gasteiger partial charge in [0, 0.05) is 11.8 Å². The lowest BCUT2D eigenvalue weighted by atomic mass is 10.1. The summed E-state index contributed by atoms with van der Waals surface area (Å²) in [7, 11) is 0.892. The van der Waals surface area contributed by atoms with E-state index >= 15 is 0 Å². The van der Waals surface area contributed by atoms with Crippen LogP contribution in [0.3, 0.4) is 0 Å². The van der Waals surface area contributed by atoms with Crippen LogP contribution in [-0.4, -0.2) is 45.0 Å². The lowest BCUT2D eigenvalue weighted by Gasteiger charge is -2.31. The van der Waals surface area contributed by atoms with Gasteiger partial charge in [-0.15, -0.1) is 0 Å². The second kappa shape index (κ2) is 3.11. The Morgan fingerprint density at radius 1 is 1.27 bits per heavy atom. The smallest absolute Gasteiger partial charge is 0.149 e. The van der Waals surface area contributed by atoms with E-state index in [1.54, 1.807) is 0 Å². The number of hydrogen-bond donors (Lipinski definition) is 0. The first-order chi connectivity index (χ1) is 4.65. The molecule has 0 atom stereocenters. The Morgan fingerprint density at radius 2 is 1.64 bits per heavy atom. The monoisotopic (exact) mass is 179 g/mol. The van der Waals surface area contributed by atoms with E-state index < -0.39 is 9.84 Å². The summed E-state index contributed by atoms with van der Waals surface area (Å²) in [6.07, 6.45) is 1.26. The van der Waals surface area contributed by atoms with Crippen LogP contribution in [0.2, 0.25) is 0 Å². The lowest BCUT2D eigenvalue weighted by molar-refractivity contribution is 0.221. The van der Waals surface area contributed by atoms with Gasteiger partial charge in [0.05, 0.1) is 5.75 Å². The highest BCUT2D eigenvalue weighted by molar-refractivity contribution is 7.90. The van der Waals surface area contributed by atoms with Gasteiger partial charge in [0.25, 0.3) is 0 Å². The maximum atomic E-state index is 10.9. The molecule has 0 fully saturated rings. The SMILES string of the molecule is CN(C)C(C)(C)CS(C)(=O)=O. The molecule has 0 aliphatic rings. The van der Waals surface area contributed by atoms with E-state index in [0.717, 1.165) is 0 Å². The summed E-state index contributed by atoms with van der Waals surface area (Å²) in [5.74, 6) is 0.201. The summed E-state index contributed by atoms with van der Waals surface area (Å²) in [4.78, 5) is 1.91. The van der Waals surface area contributed by atoms with Gasteiger partial charge in [-0.1, -0.05) is 0 Å². The Hall–Kier alpha value is -0.0900. The van der Waals surface area contributed by atoms with Crippen molar-refractivity contribution in [1.82, 2.24) is 4.90 Å². The zero-order valence-corrected chi connectivity index (χ0v) is 8.70. The molecule has 11 heavy (non-hydrogen) atoms. The van der Waals surface area contributed by atoms with Gasteiger partial charge < -0.3 is 4.90 Å². The van der Waals surface area contributed by atoms with E-state index in [0.29, 0.717) is 0 Å². The zero-order chi connectivity index (χ0) is 9.28. The van der Waals surface area contributed by atoms with Crippen LogP contribution >= 0.6 is 0 Å². The molecule has 0 bridgehead atoms. The van der Waals surface area contributed by atoms with Gasteiger partial charge in [-0.05, 0) is 27.9 Å². The maximum Gasteiger partial charge on any atom is 0.149 e. The number of sulfone groups is 1. The Labute approximate surface area is 69.3 Å². The van der Waals surface area contributed by atoms with Crippen molar-refractivity contribution in [2.75, 3.05) is 26.1 Å². The molecule has 0 aromatic carbocycles. The summed E-state index contributed by atoms with van der Waals surface area (Å²) in [5, 5.41) is 0. The molecule has 0 aliphatic heterocycles. The van der Waals surface area contributed by atoms with Gasteiger partial charge in [0.15, 0.2) is 0 Å². The molecular formula is C7H17NO2S. The normalized spacial score (nSPS) is 14.0. The van der Waals surface area contributed by atoms with Gasteiger partial charge in [0.2, 0.25) is 0 Å². The van der Waals surface area contributed by atoms with E-state index in [1.807, 2.05) is 32.8 Å². The molecule has 0 amide bonds. The molecule has 0 unspecified atom stereocenters. The second-order valence-corrected chi connectivity index (χ2v) is 5.92. The number of rotatable bonds is 3. The van der Waals surface area contributed by atoms with Gasteiger partial charge in [-0.25, -0.2) is 8.42 Å². The van der Waals surface area contributed by atoms with Crippen LogP contribution in [-0.2, 0) is 9.84 Å². The van der Waals surface area contributed by atoms with E-state index in [4.69, 9.17) is 0 Å². The standard InChI is InChI=1S/C7H17NO2S/c1-7(2,8(3)4)6-11(5,9)10/h6H2,1-5H3. The molecule has 0 saturated carbocycles. The fourth-order valence-corrected chi connectivity index (χ4v) is 2.31. The number of hydrogen-bond acceptors (Lipinski definition) is 3. The molecule has 0 spiro atoms. The van der Waals surface area contributed by atoms with Crippen LogP contribution in [0, 0.1) is 0 Å². The van der Waals surface area contributed by atoms with Gasteiger partial charge in [-0.2, -0.15) is 0 Å². The quantitative estimate of drug-likeness (QED) is 0.628. The largest absolute Gasteiger partial charge is 0.303 e. The molecule has 0 aromatic heterocycles. The van der Waals surface area contributed by atoms with E-state index in [9.17, 15) is 8.42 Å². The van der Waals surface area contributed by atoms with Crippen molar-refractivity contribution in [3.05, 3.63) is 0 Å². The predicted octanol–water partition coefficient (Wildman–Crippen LogP) is 0.371. The third-order valence-corrected chi connectivity index (χ3v) is 3.06. The fraction of sp³-hybridized carbons (Fsp3) is 1.00. The molecule has 0 aliphatic carbocycles. The van der Waals surface area contributed by atoms with Crippen LogP contribution in [0.5, 0.6) is 0 Å². The Bertz CT molecular complexity index is 217. The molecule has 0 radical (unpaired) electrons. The molecule has 3 nitrogen and oxygen atoms in total. The maximum absolute atomic E-state index is 10.9. The molecule has 68 valence electrons. The zero-order valence-electron chi connectivity index (χ0n) is 7.88. The minimum atomic E-state index is -2.87. The van der Waals surface area contributed by atoms with Crippen LogP contribution in [0.1, 0.15) is 13.8 Å². The van der Waals surface area contributed by atoms with Crippen molar-refractivity contribution in [3.8, 4) is 0 Å². The summed E-state index contributed by atoms with van der Waals surface area (Å²) in [6, 6.07) is 0. The molecule has 0 aromatic rings. The van der Waals surface area contributed by atoms with E-state index in [2.05, 4.69) is 0 Å². The first-order valence-corrected chi connectivity index (χ1v) is 5.56. The van der Waals surface area contributed by atoms with Crippen LogP contribution in [0.25, 0.3) is 0 Å². The third-order valence-electron chi connectivity index (χ3n) is 1.83. The minimum Gasteiger partial charge on any atom is -0.303 e. The van der Waals surface area contributed by atoms with Crippen molar-refractivity contribution in [3.63, 3.8) is 0 Å². The molecule has 0 heterocycles. The highest BCUT2D eigenvalue weighted by Crippen LogP contribution is 2.11. The lowest BCUT2D eigenvalue weighted by Crippen LogP contribution is -2.43. The Kier molecular flexibility index (Phi) is 3.08. The highest BCUT2D eigenvalue weighted by Gasteiger charge is 2.25. The fourth-order valence-electron chi connectivity index (χ4n) is 0.771. The van der Waals surface area contributed by atoms with Crippen LogP contribution in [0.15, 0.2) is 0 Å². The van der Waals surface area contributed by atoms with E-state index in [-0.39, 0.29) is 11.3 Å². The van der Waals surface area contributed by atoms with Gasteiger partial charge in [-0.3, -0.25) is 0 Å². The summed E-state index contributed by atoms with van der Waals surface area (Å²) in [6.45, 7) is 3.82. The van der Waals surface area contributed by atoms with Crippen molar-refractivity contribution >= 4 is 9.84 Å². The van der Waals surface area contributed by atoms with E-state index in [1.165, 1.54) is 6.26 Å². The third kappa shape index (κ3) is 4.37. The minimum absolute atomic E-state index is 0.201. The predicted molar refractivity (Wildman–Crippen MR) is 47.5 cm³/mol. The van der Waals surface area contributed by atoms with Crippen molar-refractivity contribution < 1.29 is 8.42 Å². The Morgan fingerprint density at radius 3 is 1.73 bits per heavy atom. The first kappa shape index (κ1) is 10.9. The van der Waals surface area contributed by atoms with Gasteiger partial charge in [0.1, 0.15) is 9.84 Å². The highest BCUT2D eigenvalue weighted by atomic mass is 32.2. The molecular weight excluding hydrogens is 162 g/mol. The molecule has 0 N–H and O–H groups in total. The molecule has 4 heteroatoms. The van der Waals surface area contributed by atoms with Crippen LogP contribution < -0.4 is 0 Å². The van der Waals surface area contributed by atoms with Crippen LogP contribution in [0.4, 0.5) is 0 Å². The van der Waals surface area contributed by atoms with Crippen molar-refractivity contribution in [1.29, 1.82) is 0 Å². The molecule has 0 rings (SSSR count). The summed E-state index contributed by atoms with van der Waals surface area (Å²) in [5.41, 5.74) is -0.270. The summed E-state index contributed by atoms with van der Waals surface area (Å²) < 4.78 is 21.8. The number of nitrogens with zero attached hydrogens (tertiary/aromatic N) is 1. The Balaban J connectivity index is 4.38. The average Bonchev–Trinajstić information content (AvgIpc) is 1.56. The first-order valence-electron chi connectivity index (χ1n) is 3.50. The van der Waals surface area contributed by atoms with Crippen molar-refractivity contribution in [2.24, 2.45) is 0 Å². The summed E-state index contributed by atoms with van der Waals surface area (Å²) >= 11 is 0. The topological polar surface area (TPSA) is 37.4 Å². The second-order valence-electron chi connectivity index (χ2n) is 3.78.